The monoisotopic (exact) mass is 951 g/mol. The molecule has 4 rings (SSSR count). The van der Waals surface area contributed by atoms with Gasteiger partial charge in [-0.2, -0.15) is 0 Å². The molecule has 0 amide bonds. The molecule has 1 aliphatic heterocycles. The standard InChI is InChI=1S/2C16H30O.C16H28O.C15H26O2/c1-15-12-10-8-6-4-2-3-5-7-9-11-13-16(17)14-15;2*17-16-14-12-10-8-6-4-2-1-3-5-7-9-11-13-15-16;16-15-13-11-9-7-5-3-1-2-4-6-8-10-12-14-17-15/h15H,2-14H2,1H3;1-15H2;1-2H,3-15H2;2,4H,1,3,5-14H2/b;;;4-2-. The van der Waals surface area contributed by atoms with Crippen LogP contribution in [0.25, 0.3) is 0 Å². The average Bonchev–Trinajstić information content (AvgIpc) is 3.33. The Balaban J connectivity index is 0.000000453. The number of Topliss-reactive ketones (excluding diaryl/α,β-unsaturated/α-hetero) is 3. The Kier molecular flexibility index (Phi) is 49.7. The molecule has 68 heavy (non-hydrogen) atoms. The van der Waals surface area contributed by atoms with Crippen molar-refractivity contribution in [3.05, 3.63) is 24.3 Å². The van der Waals surface area contributed by atoms with Gasteiger partial charge in [0.15, 0.2) is 0 Å². The van der Waals surface area contributed by atoms with E-state index in [1.165, 1.54) is 238 Å². The average molecular weight is 952 g/mol. The summed E-state index contributed by atoms with van der Waals surface area (Å²) in [6, 6.07) is 0. The first-order chi connectivity index (χ1) is 33.5. The van der Waals surface area contributed by atoms with Crippen molar-refractivity contribution in [1.82, 2.24) is 0 Å². The van der Waals surface area contributed by atoms with Gasteiger partial charge in [0.05, 0.1) is 6.61 Å². The van der Waals surface area contributed by atoms with Gasteiger partial charge in [-0.15, -0.1) is 0 Å². The van der Waals surface area contributed by atoms with Crippen LogP contribution in [0.3, 0.4) is 0 Å². The van der Waals surface area contributed by atoms with E-state index < -0.39 is 0 Å². The van der Waals surface area contributed by atoms with Crippen molar-refractivity contribution in [2.45, 2.75) is 341 Å². The summed E-state index contributed by atoms with van der Waals surface area (Å²) in [5.74, 6) is 2.13. The maximum absolute atomic E-state index is 11.7. The second-order valence-electron chi connectivity index (χ2n) is 21.7. The molecule has 5 nitrogen and oxygen atoms in total. The van der Waals surface area contributed by atoms with Crippen molar-refractivity contribution in [2.75, 3.05) is 6.61 Å². The Labute approximate surface area is 423 Å². The number of hydrogen-bond acceptors (Lipinski definition) is 5. The number of allylic oxidation sites excluding steroid dienone is 4. The van der Waals surface area contributed by atoms with E-state index in [-0.39, 0.29) is 5.97 Å². The number of hydrogen-bond donors (Lipinski definition) is 0. The Bertz CT molecular complexity index is 1120. The second-order valence-corrected chi connectivity index (χ2v) is 21.7. The first-order valence-corrected chi connectivity index (χ1v) is 30.5. The van der Waals surface area contributed by atoms with Gasteiger partial charge in [0.25, 0.3) is 0 Å². The number of ether oxygens (including phenoxy) is 1. The summed E-state index contributed by atoms with van der Waals surface area (Å²) in [7, 11) is 0. The molecule has 3 aliphatic carbocycles. The lowest BCUT2D eigenvalue weighted by molar-refractivity contribution is -0.144. The van der Waals surface area contributed by atoms with Gasteiger partial charge >= 0.3 is 5.97 Å². The van der Waals surface area contributed by atoms with Gasteiger partial charge < -0.3 is 4.74 Å². The van der Waals surface area contributed by atoms with E-state index in [9.17, 15) is 19.2 Å². The van der Waals surface area contributed by atoms with E-state index in [0.717, 1.165) is 89.9 Å². The summed E-state index contributed by atoms with van der Waals surface area (Å²) in [5, 5.41) is 0. The van der Waals surface area contributed by atoms with Crippen LogP contribution in [-0.2, 0) is 23.9 Å². The summed E-state index contributed by atoms with van der Waals surface area (Å²) in [5.41, 5.74) is 0. The lowest BCUT2D eigenvalue weighted by atomic mass is 9.95. The number of carbonyl (C=O) groups is 4. The Morgan fingerprint density at radius 3 is 0.882 bits per heavy atom. The first-order valence-electron chi connectivity index (χ1n) is 30.5. The fourth-order valence-corrected chi connectivity index (χ4v) is 10.0. The molecule has 0 spiro atoms. The number of rotatable bonds is 0. The van der Waals surface area contributed by atoms with E-state index in [4.69, 9.17) is 4.74 Å². The molecule has 4 aliphatic rings. The van der Waals surface area contributed by atoms with Crippen LogP contribution >= 0.6 is 0 Å². The van der Waals surface area contributed by atoms with Gasteiger partial charge in [0, 0.05) is 44.9 Å². The Morgan fingerprint density at radius 2 is 0.544 bits per heavy atom. The zero-order chi connectivity index (χ0) is 48.9. The summed E-state index contributed by atoms with van der Waals surface area (Å²) >= 11 is 0. The second kappa shape index (κ2) is 52.8. The van der Waals surface area contributed by atoms with Crippen LogP contribution in [0.1, 0.15) is 341 Å². The molecule has 0 aromatic rings. The molecular weight excluding hydrogens is 837 g/mol. The Morgan fingerprint density at radius 1 is 0.294 bits per heavy atom. The molecule has 1 heterocycles. The van der Waals surface area contributed by atoms with E-state index in [2.05, 4.69) is 31.2 Å². The minimum absolute atomic E-state index is 0.00279. The van der Waals surface area contributed by atoms with E-state index in [1.807, 2.05) is 0 Å². The van der Waals surface area contributed by atoms with Crippen LogP contribution in [0.4, 0.5) is 0 Å². The number of esters is 1. The summed E-state index contributed by atoms with van der Waals surface area (Å²) in [6.45, 7) is 2.86. The highest BCUT2D eigenvalue weighted by Crippen LogP contribution is 2.20. The first kappa shape index (κ1) is 64.0. The highest BCUT2D eigenvalue weighted by molar-refractivity contribution is 5.79. The normalized spacial score (nSPS) is 24.2. The molecule has 0 N–H and O–H groups in total. The lowest BCUT2D eigenvalue weighted by Gasteiger charge is -2.10. The molecule has 0 aromatic carbocycles. The predicted molar refractivity (Wildman–Crippen MR) is 294 cm³/mol. The highest BCUT2D eigenvalue weighted by atomic mass is 16.5. The maximum atomic E-state index is 11.7. The molecule has 0 saturated heterocycles. The highest BCUT2D eigenvalue weighted by Gasteiger charge is 2.10. The van der Waals surface area contributed by atoms with Gasteiger partial charge in [0.1, 0.15) is 17.3 Å². The molecule has 2 saturated carbocycles. The fraction of sp³-hybridized carbons (Fsp3) is 0.873. The third-order valence-electron chi connectivity index (χ3n) is 14.7. The fourth-order valence-electron chi connectivity index (χ4n) is 10.0. The molecule has 1 atom stereocenters. The molecule has 0 radical (unpaired) electrons. The van der Waals surface area contributed by atoms with E-state index in [1.54, 1.807) is 0 Å². The Hall–Kier alpha value is -2.04. The van der Waals surface area contributed by atoms with Crippen LogP contribution < -0.4 is 0 Å². The van der Waals surface area contributed by atoms with Crippen molar-refractivity contribution in [2.24, 2.45) is 5.92 Å². The van der Waals surface area contributed by atoms with Crippen LogP contribution in [0.15, 0.2) is 24.3 Å². The lowest BCUT2D eigenvalue weighted by Crippen LogP contribution is -2.05. The van der Waals surface area contributed by atoms with Gasteiger partial charge in [-0.1, -0.05) is 217 Å². The minimum atomic E-state index is -0.00279. The largest absolute Gasteiger partial charge is 0.466 e. The zero-order valence-corrected chi connectivity index (χ0v) is 45.4. The summed E-state index contributed by atoms with van der Waals surface area (Å²) in [4.78, 5) is 46.2. The molecule has 396 valence electrons. The molecule has 2 fully saturated rings. The molecule has 0 aromatic heterocycles. The number of cyclic esters (lactones) is 1. The third kappa shape index (κ3) is 50.4. The molecule has 5 heteroatoms. The van der Waals surface area contributed by atoms with E-state index in [0.29, 0.717) is 36.3 Å². The van der Waals surface area contributed by atoms with Crippen molar-refractivity contribution in [3.8, 4) is 0 Å². The van der Waals surface area contributed by atoms with Crippen LogP contribution in [0.5, 0.6) is 0 Å². The molecule has 1 unspecified atom stereocenters. The van der Waals surface area contributed by atoms with Crippen LogP contribution in [0, 0.1) is 5.92 Å². The van der Waals surface area contributed by atoms with Gasteiger partial charge in [-0.25, -0.2) is 0 Å². The van der Waals surface area contributed by atoms with Gasteiger partial charge in [-0.05, 0) is 109 Å². The van der Waals surface area contributed by atoms with Crippen molar-refractivity contribution < 1.29 is 23.9 Å². The zero-order valence-electron chi connectivity index (χ0n) is 45.4. The quantitative estimate of drug-likeness (QED) is 0.179. The predicted octanol–water partition coefficient (Wildman–Crippen LogP) is 20.3. The maximum Gasteiger partial charge on any atom is 0.305 e. The summed E-state index contributed by atoms with van der Waals surface area (Å²) < 4.78 is 5.19. The number of carbonyl (C=O) groups excluding carboxylic acids is 4. The van der Waals surface area contributed by atoms with Crippen LogP contribution in [0.2, 0.25) is 0 Å². The molecular formula is C63H114O5. The smallest absolute Gasteiger partial charge is 0.305 e. The van der Waals surface area contributed by atoms with E-state index >= 15 is 0 Å². The van der Waals surface area contributed by atoms with Crippen LogP contribution in [-0.4, -0.2) is 29.9 Å². The van der Waals surface area contributed by atoms with Crippen molar-refractivity contribution in [3.63, 3.8) is 0 Å². The topological polar surface area (TPSA) is 77.5 Å². The minimum Gasteiger partial charge on any atom is -0.466 e. The van der Waals surface area contributed by atoms with Crippen molar-refractivity contribution in [1.29, 1.82) is 0 Å². The molecule has 0 bridgehead atoms. The van der Waals surface area contributed by atoms with Gasteiger partial charge in [0.2, 0.25) is 0 Å². The number of ketones is 3. The van der Waals surface area contributed by atoms with Gasteiger partial charge in [-0.3, -0.25) is 19.2 Å². The summed E-state index contributed by atoms with van der Waals surface area (Å²) in [6.07, 6.45) is 72.6. The third-order valence-corrected chi connectivity index (χ3v) is 14.7. The SMILES string of the molecule is CC1CCCCCCCCCCCCC(=O)C1.O=C1CCCCCCC/C=C\CCCCCO1.O=C1CCCCCCC=CCCCCCCC1.O=C1CCCCCCCCCCCCCCC1. The van der Waals surface area contributed by atoms with Crippen molar-refractivity contribution >= 4 is 23.3 Å².